The topological polar surface area (TPSA) is 39.1 Å². The number of ether oxygens (including phenoxy) is 1. The maximum atomic E-state index is 5.56. The summed E-state index contributed by atoms with van der Waals surface area (Å²) in [5.74, 6) is 0. The van der Waals surface area contributed by atoms with E-state index >= 15 is 0 Å². The molecule has 0 fully saturated rings. The van der Waals surface area contributed by atoms with Crippen molar-refractivity contribution in [1.82, 2.24) is 15.1 Å². The number of para-hydroxylation sites is 1. The molecule has 1 aromatic carbocycles. The summed E-state index contributed by atoms with van der Waals surface area (Å²) < 4.78 is 7.64. The van der Waals surface area contributed by atoms with E-state index in [4.69, 9.17) is 9.84 Å². The van der Waals surface area contributed by atoms with Crippen LogP contribution >= 0.6 is 0 Å². The lowest BCUT2D eigenvalue weighted by Crippen LogP contribution is -2.37. The molecule has 4 nitrogen and oxygen atoms in total. The van der Waals surface area contributed by atoms with E-state index in [0.29, 0.717) is 6.04 Å². The number of aryl methyl sites for hydroxylation is 1. The third-order valence-corrected chi connectivity index (χ3v) is 4.17. The summed E-state index contributed by atoms with van der Waals surface area (Å²) in [7, 11) is 3.78. The fourth-order valence-electron chi connectivity index (χ4n) is 2.77. The van der Waals surface area contributed by atoms with Crippen LogP contribution in [0.4, 0.5) is 0 Å². The number of methoxy groups -OCH3 is 1. The first-order valence-corrected chi connectivity index (χ1v) is 7.67. The van der Waals surface area contributed by atoms with Crippen LogP contribution in [0.2, 0.25) is 0 Å². The van der Waals surface area contributed by atoms with Gasteiger partial charge in [0, 0.05) is 31.5 Å². The molecule has 2 rings (SSSR count). The molecule has 1 atom stereocenters. The zero-order valence-electron chi connectivity index (χ0n) is 13.8. The lowest BCUT2D eigenvalue weighted by Gasteiger charge is -2.28. The first-order chi connectivity index (χ1) is 10.0. The van der Waals surface area contributed by atoms with E-state index in [1.54, 1.807) is 7.11 Å². The van der Waals surface area contributed by atoms with Gasteiger partial charge in [-0.05, 0) is 40.3 Å². The van der Waals surface area contributed by atoms with E-state index in [2.05, 4.69) is 55.0 Å². The SMILES string of the molecule is CCn1nc(CC(CC(C)(C)OC)NC)c2ccccc21. The number of hydrogen-bond donors (Lipinski definition) is 1. The minimum absolute atomic E-state index is 0.128. The third-order valence-electron chi connectivity index (χ3n) is 4.17. The molecule has 0 aliphatic rings. The Bertz CT molecular complexity index is 589. The number of aromatic nitrogens is 2. The molecular weight excluding hydrogens is 262 g/mol. The predicted molar refractivity (Wildman–Crippen MR) is 87.7 cm³/mol. The second-order valence-corrected chi connectivity index (χ2v) is 6.14. The van der Waals surface area contributed by atoms with Crippen molar-refractivity contribution < 1.29 is 4.74 Å². The Hall–Kier alpha value is -1.39. The van der Waals surface area contributed by atoms with E-state index in [1.807, 2.05) is 7.05 Å². The highest BCUT2D eigenvalue weighted by Crippen LogP contribution is 2.23. The van der Waals surface area contributed by atoms with Crippen LogP contribution in [0.5, 0.6) is 0 Å². The van der Waals surface area contributed by atoms with Crippen LogP contribution in [0.25, 0.3) is 10.9 Å². The average Bonchev–Trinajstić information content (AvgIpc) is 2.84. The predicted octanol–water partition coefficient (Wildman–Crippen LogP) is 3.00. The first kappa shape index (κ1) is 16.0. The summed E-state index contributed by atoms with van der Waals surface area (Å²) >= 11 is 0. The van der Waals surface area contributed by atoms with E-state index in [-0.39, 0.29) is 5.60 Å². The van der Waals surface area contributed by atoms with Crippen molar-refractivity contribution in [1.29, 1.82) is 0 Å². The summed E-state index contributed by atoms with van der Waals surface area (Å²) in [6, 6.07) is 8.81. The van der Waals surface area contributed by atoms with Crippen LogP contribution in [0.15, 0.2) is 24.3 Å². The first-order valence-electron chi connectivity index (χ1n) is 7.67. The van der Waals surface area contributed by atoms with Gasteiger partial charge in [0.05, 0.1) is 16.8 Å². The van der Waals surface area contributed by atoms with Gasteiger partial charge in [-0.25, -0.2) is 0 Å². The monoisotopic (exact) mass is 289 g/mol. The molecule has 21 heavy (non-hydrogen) atoms. The van der Waals surface area contributed by atoms with Crippen molar-refractivity contribution in [3.05, 3.63) is 30.0 Å². The van der Waals surface area contributed by atoms with Crippen molar-refractivity contribution in [2.24, 2.45) is 0 Å². The molecule has 4 heteroatoms. The second-order valence-electron chi connectivity index (χ2n) is 6.14. The highest BCUT2D eigenvalue weighted by atomic mass is 16.5. The lowest BCUT2D eigenvalue weighted by atomic mass is 9.95. The fraction of sp³-hybridized carbons (Fsp3) is 0.588. The number of hydrogen-bond acceptors (Lipinski definition) is 3. The highest BCUT2D eigenvalue weighted by Gasteiger charge is 2.23. The molecule has 116 valence electrons. The average molecular weight is 289 g/mol. The molecule has 0 saturated heterocycles. The largest absolute Gasteiger partial charge is 0.379 e. The van der Waals surface area contributed by atoms with Gasteiger partial charge < -0.3 is 10.1 Å². The smallest absolute Gasteiger partial charge is 0.0718 e. The summed E-state index contributed by atoms with van der Waals surface area (Å²) in [4.78, 5) is 0. The van der Waals surface area contributed by atoms with Crippen LogP contribution in [-0.4, -0.2) is 35.6 Å². The molecule has 0 radical (unpaired) electrons. The van der Waals surface area contributed by atoms with Gasteiger partial charge in [0.1, 0.15) is 0 Å². The highest BCUT2D eigenvalue weighted by molar-refractivity contribution is 5.82. The molecule has 0 aliphatic heterocycles. The van der Waals surface area contributed by atoms with Gasteiger partial charge in [-0.1, -0.05) is 18.2 Å². The molecule has 1 N–H and O–H groups in total. The molecule has 0 aliphatic carbocycles. The normalized spacial score (nSPS) is 13.8. The standard InChI is InChI=1S/C17H27N3O/c1-6-20-16-10-8-7-9-14(16)15(19-20)11-13(18-4)12-17(2,3)21-5/h7-10,13,18H,6,11-12H2,1-5H3. The van der Waals surface area contributed by atoms with Gasteiger partial charge in [0.2, 0.25) is 0 Å². The van der Waals surface area contributed by atoms with Gasteiger partial charge >= 0.3 is 0 Å². The van der Waals surface area contributed by atoms with Gasteiger partial charge in [-0.2, -0.15) is 5.10 Å². The van der Waals surface area contributed by atoms with Gasteiger partial charge in [-0.15, -0.1) is 0 Å². The Kier molecular flexibility index (Phi) is 5.01. The minimum Gasteiger partial charge on any atom is -0.379 e. The Morgan fingerprint density at radius 3 is 2.67 bits per heavy atom. The number of fused-ring (bicyclic) bond motifs is 1. The number of rotatable bonds is 7. The third kappa shape index (κ3) is 3.63. The van der Waals surface area contributed by atoms with Crippen molar-refractivity contribution in [2.45, 2.75) is 51.8 Å². The second kappa shape index (κ2) is 6.58. The van der Waals surface area contributed by atoms with Crippen molar-refractivity contribution in [2.75, 3.05) is 14.2 Å². The molecule has 1 heterocycles. The Morgan fingerprint density at radius 2 is 2.05 bits per heavy atom. The zero-order valence-corrected chi connectivity index (χ0v) is 13.8. The molecular formula is C17H27N3O. The molecule has 2 aromatic rings. The Balaban J connectivity index is 2.25. The Morgan fingerprint density at radius 1 is 1.33 bits per heavy atom. The lowest BCUT2D eigenvalue weighted by molar-refractivity contribution is 0.00767. The number of nitrogens with zero attached hydrogens (tertiary/aromatic N) is 2. The molecule has 0 bridgehead atoms. The summed E-state index contributed by atoms with van der Waals surface area (Å²) in [6.45, 7) is 7.28. The molecule has 1 aromatic heterocycles. The quantitative estimate of drug-likeness (QED) is 0.851. The van der Waals surface area contributed by atoms with E-state index < -0.39 is 0 Å². The van der Waals surface area contributed by atoms with Crippen LogP contribution in [-0.2, 0) is 17.7 Å². The van der Waals surface area contributed by atoms with Crippen LogP contribution in [0.1, 0.15) is 32.9 Å². The molecule has 0 amide bonds. The summed E-state index contributed by atoms with van der Waals surface area (Å²) in [6.07, 6.45) is 1.87. The van der Waals surface area contributed by atoms with Crippen LogP contribution in [0.3, 0.4) is 0 Å². The summed E-state index contributed by atoms with van der Waals surface area (Å²) in [5, 5.41) is 9.45. The fourth-order valence-corrected chi connectivity index (χ4v) is 2.77. The van der Waals surface area contributed by atoms with Crippen molar-refractivity contribution in [3.8, 4) is 0 Å². The molecule has 0 saturated carbocycles. The maximum absolute atomic E-state index is 5.56. The number of likely N-dealkylation sites (N-methyl/N-ethyl adjacent to an activating group) is 1. The maximum Gasteiger partial charge on any atom is 0.0718 e. The van der Waals surface area contributed by atoms with E-state index in [0.717, 1.165) is 19.4 Å². The number of benzene rings is 1. The number of nitrogens with one attached hydrogen (secondary N) is 1. The summed E-state index contributed by atoms with van der Waals surface area (Å²) in [5.41, 5.74) is 2.26. The Labute approximate surface area is 127 Å². The van der Waals surface area contributed by atoms with Crippen LogP contribution in [0, 0.1) is 0 Å². The molecule has 0 spiro atoms. The van der Waals surface area contributed by atoms with Crippen LogP contribution < -0.4 is 5.32 Å². The van der Waals surface area contributed by atoms with Crippen molar-refractivity contribution >= 4 is 10.9 Å². The minimum atomic E-state index is -0.128. The van der Waals surface area contributed by atoms with E-state index in [9.17, 15) is 0 Å². The molecule has 1 unspecified atom stereocenters. The van der Waals surface area contributed by atoms with Gasteiger partial charge in [-0.3, -0.25) is 4.68 Å². The van der Waals surface area contributed by atoms with Gasteiger partial charge in [0.15, 0.2) is 0 Å². The van der Waals surface area contributed by atoms with E-state index in [1.165, 1.54) is 16.6 Å². The van der Waals surface area contributed by atoms with Crippen molar-refractivity contribution in [3.63, 3.8) is 0 Å². The van der Waals surface area contributed by atoms with Gasteiger partial charge in [0.25, 0.3) is 0 Å². The zero-order chi connectivity index (χ0) is 15.5.